The zero-order valence-corrected chi connectivity index (χ0v) is 14.5. The smallest absolute Gasteiger partial charge is 0.241 e. The van der Waals surface area contributed by atoms with Crippen molar-refractivity contribution >= 4 is 26.0 Å². The Kier molecular flexibility index (Phi) is 4.66. The second-order valence-corrected chi connectivity index (χ2v) is 7.55. The number of furan rings is 1. The van der Waals surface area contributed by atoms with Gasteiger partial charge in [0.15, 0.2) is 0 Å². The Balaban J connectivity index is 1.72. The zero-order valence-electron chi connectivity index (χ0n) is 12.1. The molecule has 1 N–H and O–H groups in total. The molecule has 3 aromatic rings. The van der Waals surface area contributed by atoms with E-state index in [9.17, 15) is 8.42 Å². The minimum absolute atomic E-state index is 0.231. The molecule has 0 aliphatic carbocycles. The van der Waals surface area contributed by atoms with Crippen LogP contribution in [0.4, 0.5) is 0 Å². The van der Waals surface area contributed by atoms with Crippen LogP contribution in [0.5, 0.6) is 0 Å². The fourth-order valence-corrected chi connectivity index (χ4v) is 4.18. The molecule has 0 bridgehead atoms. The molecule has 0 radical (unpaired) electrons. The zero-order chi connectivity index (χ0) is 16.3. The van der Waals surface area contributed by atoms with Crippen molar-refractivity contribution in [2.24, 2.45) is 0 Å². The Hall–Kier alpha value is -1.89. The molecule has 0 atom stereocenters. The molecule has 118 valence electrons. The Labute approximate surface area is 143 Å². The summed E-state index contributed by atoms with van der Waals surface area (Å²) in [4.78, 5) is 0.231. The van der Waals surface area contributed by atoms with Crippen molar-refractivity contribution in [1.82, 2.24) is 4.72 Å². The summed E-state index contributed by atoms with van der Waals surface area (Å²) in [6, 6.07) is 16.3. The van der Waals surface area contributed by atoms with Gasteiger partial charge in [-0.05, 0) is 45.3 Å². The van der Waals surface area contributed by atoms with Gasteiger partial charge in [-0.3, -0.25) is 0 Å². The molecule has 0 unspecified atom stereocenters. The maximum Gasteiger partial charge on any atom is 0.241 e. The van der Waals surface area contributed by atoms with Crippen molar-refractivity contribution < 1.29 is 12.8 Å². The van der Waals surface area contributed by atoms with Crippen LogP contribution in [0.3, 0.4) is 0 Å². The average molecular weight is 392 g/mol. The predicted molar refractivity (Wildman–Crippen MR) is 92.3 cm³/mol. The van der Waals surface area contributed by atoms with E-state index in [1.54, 1.807) is 36.8 Å². The summed E-state index contributed by atoms with van der Waals surface area (Å²) in [5, 5.41) is 0. The Morgan fingerprint density at radius 2 is 1.70 bits per heavy atom. The maximum absolute atomic E-state index is 12.3. The molecular weight excluding hydrogens is 378 g/mol. The first-order valence-electron chi connectivity index (χ1n) is 6.92. The SMILES string of the molecule is O=S(=O)(NCc1ccc(-c2ccoc2)cc1)c1ccccc1Br. The van der Waals surface area contributed by atoms with Crippen molar-refractivity contribution in [3.63, 3.8) is 0 Å². The third-order valence-corrected chi connectivity index (χ3v) is 5.81. The normalized spacial score (nSPS) is 11.5. The van der Waals surface area contributed by atoms with Gasteiger partial charge in [-0.1, -0.05) is 36.4 Å². The van der Waals surface area contributed by atoms with Crippen LogP contribution in [0.1, 0.15) is 5.56 Å². The summed E-state index contributed by atoms with van der Waals surface area (Å²) in [6.07, 6.45) is 3.29. The fraction of sp³-hybridized carbons (Fsp3) is 0.0588. The topological polar surface area (TPSA) is 59.3 Å². The van der Waals surface area contributed by atoms with Crippen molar-refractivity contribution in [3.05, 3.63) is 77.2 Å². The first-order chi connectivity index (χ1) is 11.1. The number of nitrogens with one attached hydrogen (secondary N) is 1. The molecule has 0 aliphatic rings. The number of sulfonamides is 1. The van der Waals surface area contributed by atoms with Gasteiger partial charge in [0.05, 0.1) is 17.4 Å². The monoisotopic (exact) mass is 391 g/mol. The van der Waals surface area contributed by atoms with E-state index in [2.05, 4.69) is 20.7 Å². The van der Waals surface area contributed by atoms with E-state index in [4.69, 9.17) is 4.42 Å². The second-order valence-electron chi connectivity index (χ2n) is 4.96. The fourth-order valence-electron chi connectivity index (χ4n) is 2.16. The van der Waals surface area contributed by atoms with Gasteiger partial charge in [0.1, 0.15) is 0 Å². The number of rotatable bonds is 5. The Bertz CT molecular complexity index is 888. The van der Waals surface area contributed by atoms with Gasteiger partial charge in [0, 0.05) is 16.6 Å². The lowest BCUT2D eigenvalue weighted by atomic mass is 10.1. The molecule has 23 heavy (non-hydrogen) atoms. The highest BCUT2D eigenvalue weighted by Crippen LogP contribution is 2.22. The van der Waals surface area contributed by atoms with Gasteiger partial charge in [-0.2, -0.15) is 0 Å². The van der Waals surface area contributed by atoms with Crippen LogP contribution >= 0.6 is 15.9 Å². The molecule has 0 aliphatic heterocycles. The van der Waals surface area contributed by atoms with Gasteiger partial charge in [0.2, 0.25) is 10.0 Å². The van der Waals surface area contributed by atoms with E-state index >= 15 is 0 Å². The van der Waals surface area contributed by atoms with Crippen molar-refractivity contribution in [1.29, 1.82) is 0 Å². The van der Waals surface area contributed by atoms with Gasteiger partial charge in [0.25, 0.3) is 0 Å². The molecule has 0 spiro atoms. The highest BCUT2D eigenvalue weighted by molar-refractivity contribution is 9.10. The van der Waals surface area contributed by atoms with Crippen LogP contribution in [0.15, 0.2) is 80.9 Å². The van der Waals surface area contributed by atoms with E-state index < -0.39 is 10.0 Å². The van der Waals surface area contributed by atoms with Crippen LogP contribution in [0.25, 0.3) is 11.1 Å². The summed E-state index contributed by atoms with van der Waals surface area (Å²) >= 11 is 3.26. The van der Waals surface area contributed by atoms with Gasteiger partial charge < -0.3 is 4.42 Å². The first kappa shape index (κ1) is 16.0. The summed E-state index contributed by atoms with van der Waals surface area (Å²) in [7, 11) is -3.55. The molecule has 6 heteroatoms. The van der Waals surface area contributed by atoms with Gasteiger partial charge >= 0.3 is 0 Å². The lowest BCUT2D eigenvalue weighted by molar-refractivity contribution is 0.568. The quantitative estimate of drug-likeness (QED) is 0.709. The van der Waals surface area contributed by atoms with E-state index in [0.717, 1.165) is 16.7 Å². The maximum atomic E-state index is 12.3. The molecule has 0 saturated heterocycles. The summed E-state index contributed by atoms with van der Waals surface area (Å²) < 4.78 is 32.9. The minimum atomic E-state index is -3.55. The predicted octanol–water partition coefficient (Wildman–Crippen LogP) is 4.19. The van der Waals surface area contributed by atoms with E-state index in [1.165, 1.54) is 0 Å². The Morgan fingerprint density at radius 3 is 2.35 bits per heavy atom. The standard InChI is InChI=1S/C17H14BrNO3S/c18-16-3-1-2-4-17(16)23(20,21)19-11-13-5-7-14(8-6-13)15-9-10-22-12-15/h1-10,12,19H,11H2. The molecule has 0 saturated carbocycles. The number of benzene rings is 2. The van der Waals surface area contributed by atoms with Gasteiger partial charge in [-0.25, -0.2) is 13.1 Å². The molecule has 1 aromatic heterocycles. The third-order valence-electron chi connectivity index (χ3n) is 3.40. The number of hydrogen-bond acceptors (Lipinski definition) is 3. The first-order valence-corrected chi connectivity index (χ1v) is 9.19. The van der Waals surface area contributed by atoms with Crippen LogP contribution in [-0.4, -0.2) is 8.42 Å². The molecule has 4 nitrogen and oxygen atoms in total. The van der Waals surface area contributed by atoms with Crippen LogP contribution in [-0.2, 0) is 16.6 Å². The molecule has 3 rings (SSSR count). The third kappa shape index (κ3) is 3.72. The second kappa shape index (κ2) is 6.70. The Morgan fingerprint density at radius 1 is 0.957 bits per heavy atom. The summed E-state index contributed by atoms with van der Waals surface area (Å²) in [5.41, 5.74) is 2.90. The van der Waals surface area contributed by atoms with Crippen molar-refractivity contribution in [2.75, 3.05) is 0 Å². The highest BCUT2D eigenvalue weighted by Gasteiger charge is 2.16. The van der Waals surface area contributed by atoms with E-state index in [0.29, 0.717) is 4.47 Å². The lowest BCUT2D eigenvalue weighted by Gasteiger charge is -2.09. The highest BCUT2D eigenvalue weighted by atomic mass is 79.9. The van der Waals surface area contributed by atoms with E-state index in [1.807, 2.05) is 30.3 Å². The van der Waals surface area contributed by atoms with Crippen molar-refractivity contribution in [3.8, 4) is 11.1 Å². The number of halogens is 1. The molecule has 0 amide bonds. The number of hydrogen-bond donors (Lipinski definition) is 1. The largest absolute Gasteiger partial charge is 0.472 e. The van der Waals surface area contributed by atoms with Crippen LogP contribution < -0.4 is 4.72 Å². The van der Waals surface area contributed by atoms with E-state index in [-0.39, 0.29) is 11.4 Å². The summed E-state index contributed by atoms with van der Waals surface area (Å²) in [5.74, 6) is 0. The van der Waals surface area contributed by atoms with Gasteiger partial charge in [-0.15, -0.1) is 0 Å². The summed E-state index contributed by atoms with van der Waals surface area (Å²) in [6.45, 7) is 0.231. The lowest BCUT2D eigenvalue weighted by Crippen LogP contribution is -2.23. The molecule has 2 aromatic carbocycles. The van der Waals surface area contributed by atoms with Crippen molar-refractivity contribution in [2.45, 2.75) is 11.4 Å². The molecular formula is C17H14BrNO3S. The van der Waals surface area contributed by atoms with Crippen LogP contribution in [0.2, 0.25) is 0 Å². The molecule has 0 fully saturated rings. The average Bonchev–Trinajstić information content (AvgIpc) is 3.08. The molecule has 1 heterocycles. The van der Waals surface area contributed by atoms with Crippen LogP contribution in [0, 0.1) is 0 Å². The minimum Gasteiger partial charge on any atom is -0.472 e.